The van der Waals surface area contributed by atoms with Gasteiger partial charge in [0.1, 0.15) is 0 Å². The number of nitrogens with zero attached hydrogens (tertiary/aromatic N) is 1. The number of halogens is 1. The number of aromatic amines is 1. The number of amides is 1. The van der Waals surface area contributed by atoms with Gasteiger partial charge in [-0.25, -0.2) is 0 Å². The van der Waals surface area contributed by atoms with Gasteiger partial charge in [-0.3, -0.25) is 19.0 Å². The lowest BCUT2D eigenvalue weighted by molar-refractivity contribution is -0.121. The average Bonchev–Trinajstić information content (AvgIpc) is 3.29. The second kappa shape index (κ2) is 5.52. The van der Waals surface area contributed by atoms with E-state index in [1.807, 2.05) is 6.07 Å². The molecule has 1 saturated carbocycles. The molecule has 4 rings (SSSR count). The van der Waals surface area contributed by atoms with Crippen LogP contribution in [0, 0.1) is 0 Å². The van der Waals surface area contributed by atoms with E-state index in [4.69, 9.17) is 0 Å². The first-order valence-corrected chi connectivity index (χ1v) is 9.21. The third kappa shape index (κ3) is 2.74. The van der Waals surface area contributed by atoms with Crippen molar-refractivity contribution in [1.82, 2.24) is 14.9 Å². The summed E-state index contributed by atoms with van der Waals surface area (Å²) in [7, 11) is 0. The SMILES string of the molecule is O=C(CC1CSc2cc(Br)cc3[nH]c(=O)c(=O)n1c23)NC1CC1. The predicted octanol–water partition coefficient (Wildman–Crippen LogP) is 1.77. The van der Waals surface area contributed by atoms with Crippen molar-refractivity contribution in [3.05, 3.63) is 37.3 Å². The Morgan fingerprint density at radius 3 is 2.91 bits per heavy atom. The highest BCUT2D eigenvalue weighted by molar-refractivity contribution is 9.10. The molecule has 0 spiro atoms. The zero-order chi connectivity index (χ0) is 16.1. The van der Waals surface area contributed by atoms with Gasteiger partial charge in [0.05, 0.1) is 17.1 Å². The van der Waals surface area contributed by atoms with Crippen molar-refractivity contribution in [2.45, 2.75) is 36.2 Å². The van der Waals surface area contributed by atoms with E-state index in [1.165, 1.54) is 4.57 Å². The number of benzene rings is 1. The molecule has 1 aliphatic heterocycles. The molecule has 1 aromatic heterocycles. The molecule has 0 saturated heterocycles. The van der Waals surface area contributed by atoms with Gasteiger partial charge in [-0.1, -0.05) is 15.9 Å². The van der Waals surface area contributed by atoms with E-state index in [2.05, 4.69) is 26.2 Å². The smallest absolute Gasteiger partial charge is 0.317 e. The maximum absolute atomic E-state index is 12.4. The van der Waals surface area contributed by atoms with E-state index in [9.17, 15) is 14.4 Å². The van der Waals surface area contributed by atoms with Crippen LogP contribution < -0.4 is 16.4 Å². The summed E-state index contributed by atoms with van der Waals surface area (Å²) < 4.78 is 2.34. The number of H-pyrrole nitrogens is 1. The molecule has 120 valence electrons. The molecule has 8 heteroatoms. The lowest BCUT2D eigenvalue weighted by Gasteiger charge is -2.26. The number of thioether (sulfide) groups is 1. The number of rotatable bonds is 3. The third-order valence-electron chi connectivity index (χ3n) is 4.10. The number of hydrogen-bond acceptors (Lipinski definition) is 4. The minimum absolute atomic E-state index is 0.0565. The Hall–Kier alpha value is -1.54. The van der Waals surface area contributed by atoms with Gasteiger partial charge >= 0.3 is 11.1 Å². The third-order valence-corrected chi connectivity index (χ3v) is 5.73. The molecule has 1 amide bonds. The van der Waals surface area contributed by atoms with Crippen molar-refractivity contribution in [3.63, 3.8) is 0 Å². The van der Waals surface area contributed by atoms with Crippen LogP contribution >= 0.6 is 27.7 Å². The highest BCUT2D eigenvalue weighted by atomic mass is 79.9. The fourth-order valence-electron chi connectivity index (χ4n) is 2.90. The van der Waals surface area contributed by atoms with Crippen LogP contribution in [-0.2, 0) is 4.79 Å². The van der Waals surface area contributed by atoms with E-state index >= 15 is 0 Å². The molecule has 0 bridgehead atoms. The number of carbonyl (C=O) groups is 1. The fraction of sp³-hybridized carbons (Fsp3) is 0.400. The lowest BCUT2D eigenvalue weighted by atomic mass is 10.2. The molecule has 2 aliphatic rings. The van der Waals surface area contributed by atoms with Gasteiger partial charge in [0.2, 0.25) is 5.91 Å². The predicted molar refractivity (Wildman–Crippen MR) is 92.1 cm³/mol. The van der Waals surface area contributed by atoms with E-state index in [1.54, 1.807) is 17.8 Å². The van der Waals surface area contributed by atoms with Gasteiger partial charge in [-0.05, 0) is 25.0 Å². The van der Waals surface area contributed by atoms with Crippen molar-refractivity contribution in [2.75, 3.05) is 5.75 Å². The minimum atomic E-state index is -0.652. The maximum Gasteiger partial charge on any atom is 0.317 e. The second-order valence-corrected chi connectivity index (χ2v) is 7.92. The van der Waals surface area contributed by atoms with Gasteiger partial charge in [0.15, 0.2) is 0 Å². The summed E-state index contributed by atoms with van der Waals surface area (Å²) in [5.74, 6) is 0.541. The van der Waals surface area contributed by atoms with Crippen molar-refractivity contribution in [3.8, 4) is 0 Å². The highest BCUT2D eigenvalue weighted by Crippen LogP contribution is 2.37. The maximum atomic E-state index is 12.4. The van der Waals surface area contributed by atoms with E-state index in [-0.39, 0.29) is 24.4 Å². The Bertz CT molecular complexity index is 932. The fourth-order valence-corrected chi connectivity index (χ4v) is 4.71. The number of carbonyl (C=O) groups excluding carboxylic acids is 1. The van der Waals surface area contributed by atoms with Crippen LogP contribution in [0.4, 0.5) is 0 Å². The van der Waals surface area contributed by atoms with Gasteiger partial charge in [0.25, 0.3) is 0 Å². The van der Waals surface area contributed by atoms with E-state index in [0.717, 1.165) is 22.2 Å². The van der Waals surface area contributed by atoms with Crippen LogP contribution in [0.1, 0.15) is 25.3 Å². The van der Waals surface area contributed by atoms with Crippen LogP contribution in [0.15, 0.2) is 31.1 Å². The zero-order valence-corrected chi connectivity index (χ0v) is 14.5. The molecule has 1 aromatic carbocycles. The first-order chi connectivity index (χ1) is 11.0. The first-order valence-electron chi connectivity index (χ1n) is 7.43. The van der Waals surface area contributed by atoms with Crippen LogP contribution in [-0.4, -0.2) is 27.3 Å². The van der Waals surface area contributed by atoms with Crippen molar-refractivity contribution in [2.24, 2.45) is 0 Å². The molecule has 2 heterocycles. The van der Waals surface area contributed by atoms with Crippen molar-refractivity contribution in [1.29, 1.82) is 0 Å². The summed E-state index contributed by atoms with van der Waals surface area (Å²) in [5.41, 5.74) is 0.0729. The molecule has 1 aliphatic carbocycles. The Morgan fingerprint density at radius 1 is 1.39 bits per heavy atom. The Labute approximate surface area is 143 Å². The van der Waals surface area contributed by atoms with E-state index < -0.39 is 11.1 Å². The summed E-state index contributed by atoms with van der Waals surface area (Å²) in [4.78, 5) is 40.0. The van der Waals surface area contributed by atoms with Crippen LogP contribution in [0.5, 0.6) is 0 Å². The summed E-state index contributed by atoms with van der Waals surface area (Å²) in [5, 5.41) is 2.94. The van der Waals surface area contributed by atoms with Crippen LogP contribution in [0.2, 0.25) is 0 Å². The van der Waals surface area contributed by atoms with Crippen molar-refractivity contribution >= 4 is 44.6 Å². The summed E-state index contributed by atoms with van der Waals surface area (Å²) >= 11 is 5.02. The Kier molecular flexibility index (Phi) is 3.60. The van der Waals surface area contributed by atoms with E-state index in [0.29, 0.717) is 16.8 Å². The number of nitrogens with one attached hydrogen (secondary N) is 2. The average molecular weight is 396 g/mol. The topological polar surface area (TPSA) is 84.0 Å². The zero-order valence-electron chi connectivity index (χ0n) is 12.1. The summed E-state index contributed by atoms with van der Waals surface area (Å²) in [6.07, 6.45) is 2.27. The molecule has 0 radical (unpaired) electrons. The quantitative estimate of drug-likeness (QED) is 0.775. The van der Waals surface area contributed by atoms with Crippen LogP contribution in [0.25, 0.3) is 11.0 Å². The molecule has 2 aromatic rings. The molecule has 6 nitrogen and oxygen atoms in total. The normalized spacial score (nSPS) is 19.8. The Balaban J connectivity index is 1.82. The monoisotopic (exact) mass is 395 g/mol. The number of aromatic nitrogens is 2. The molecular weight excluding hydrogens is 382 g/mol. The standard InChI is InChI=1S/C15H14BrN3O3S/c16-7-3-10-13-11(4-7)23-6-9(5-12(20)17-8-1-2-8)19(13)15(22)14(21)18-10/h3-4,8-9H,1-2,5-6H2,(H,17,20)(H,18,21). The lowest BCUT2D eigenvalue weighted by Crippen LogP contribution is -2.41. The Morgan fingerprint density at radius 2 is 2.17 bits per heavy atom. The van der Waals surface area contributed by atoms with Gasteiger partial charge < -0.3 is 10.3 Å². The minimum Gasteiger partial charge on any atom is -0.353 e. The first kappa shape index (κ1) is 15.0. The molecular formula is C15H14BrN3O3S. The van der Waals surface area contributed by atoms with Gasteiger partial charge in [-0.15, -0.1) is 11.8 Å². The largest absolute Gasteiger partial charge is 0.353 e. The second-order valence-electron chi connectivity index (χ2n) is 5.94. The molecule has 23 heavy (non-hydrogen) atoms. The molecule has 1 atom stereocenters. The van der Waals surface area contributed by atoms with Gasteiger partial charge in [-0.2, -0.15) is 0 Å². The molecule has 1 fully saturated rings. The van der Waals surface area contributed by atoms with Crippen molar-refractivity contribution < 1.29 is 4.79 Å². The highest BCUT2D eigenvalue weighted by Gasteiger charge is 2.29. The summed E-state index contributed by atoms with van der Waals surface area (Å²) in [6, 6.07) is 3.70. The number of hydrogen-bond donors (Lipinski definition) is 2. The van der Waals surface area contributed by atoms with Crippen LogP contribution in [0.3, 0.4) is 0 Å². The van der Waals surface area contributed by atoms with Gasteiger partial charge in [0, 0.05) is 27.6 Å². The molecule has 2 N–H and O–H groups in total. The molecule has 1 unspecified atom stereocenters. The summed E-state index contributed by atoms with van der Waals surface area (Å²) in [6.45, 7) is 0.